The van der Waals surface area contributed by atoms with E-state index in [0.29, 0.717) is 0 Å². The molecule has 3 rings (SSSR count). The van der Waals surface area contributed by atoms with Crippen molar-refractivity contribution in [2.24, 2.45) is 5.73 Å². The van der Waals surface area contributed by atoms with Gasteiger partial charge in [-0.25, -0.2) is 0 Å². The van der Waals surface area contributed by atoms with Gasteiger partial charge in [0.2, 0.25) is 0 Å². The zero-order valence-electron chi connectivity index (χ0n) is 9.31. The minimum atomic E-state index is 0.161. The lowest BCUT2D eigenvalue weighted by atomic mass is 9.92. The molecular weight excluding hydrogens is 220 g/mol. The van der Waals surface area contributed by atoms with E-state index in [4.69, 9.17) is 17.3 Å². The molecule has 1 heterocycles. The molecule has 0 bridgehead atoms. The number of fused-ring (bicyclic) bond motifs is 3. The number of halogens is 1. The Hall–Kier alpha value is -0.990. The first kappa shape index (κ1) is 10.2. The molecule has 3 N–H and O–H groups in total. The summed E-state index contributed by atoms with van der Waals surface area (Å²) in [5.74, 6) is 0. The molecule has 0 spiro atoms. The van der Waals surface area contributed by atoms with Crippen LogP contribution < -0.4 is 5.73 Å². The van der Waals surface area contributed by atoms with E-state index >= 15 is 0 Å². The van der Waals surface area contributed by atoms with Gasteiger partial charge in [0, 0.05) is 22.1 Å². The molecule has 3 heteroatoms. The van der Waals surface area contributed by atoms with Gasteiger partial charge in [-0.15, -0.1) is 0 Å². The normalized spacial score (nSPS) is 20.1. The molecule has 1 aromatic carbocycles. The Morgan fingerprint density at radius 2 is 2.25 bits per heavy atom. The molecule has 16 heavy (non-hydrogen) atoms. The van der Waals surface area contributed by atoms with Crippen LogP contribution >= 0.6 is 11.6 Å². The van der Waals surface area contributed by atoms with Gasteiger partial charge in [-0.3, -0.25) is 0 Å². The topological polar surface area (TPSA) is 41.8 Å². The van der Waals surface area contributed by atoms with Crippen LogP contribution in [0.4, 0.5) is 0 Å². The van der Waals surface area contributed by atoms with Crippen molar-refractivity contribution in [1.29, 1.82) is 0 Å². The van der Waals surface area contributed by atoms with E-state index in [1.165, 1.54) is 23.1 Å². The molecule has 0 aliphatic heterocycles. The number of aromatic amines is 1. The molecule has 2 aromatic rings. The van der Waals surface area contributed by atoms with Crippen LogP contribution in [0.15, 0.2) is 12.1 Å². The standard InChI is InChI=1S/C13H15ClN2/c1-7-10(14)6-5-9-8-3-2-4-11(15)13(8)16-12(7)9/h5-6,11,16H,2-4,15H2,1H3. The minimum absolute atomic E-state index is 0.161. The van der Waals surface area contributed by atoms with E-state index in [-0.39, 0.29) is 6.04 Å². The summed E-state index contributed by atoms with van der Waals surface area (Å²) in [5, 5.41) is 2.12. The lowest BCUT2D eigenvalue weighted by Gasteiger charge is -2.18. The zero-order chi connectivity index (χ0) is 11.3. The number of nitrogens with one attached hydrogen (secondary N) is 1. The largest absolute Gasteiger partial charge is 0.357 e. The van der Waals surface area contributed by atoms with Gasteiger partial charge < -0.3 is 10.7 Å². The molecule has 0 fully saturated rings. The van der Waals surface area contributed by atoms with Gasteiger partial charge in [0.05, 0.1) is 5.52 Å². The third-order valence-corrected chi connectivity index (χ3v) is 4.03. The van der Waals surface area contributed by atoms with Gasteiger partial charge in [-0.05, 0) is 43.4 Å². The average Bonchev–Trinajstić information content (AvgIpc) is 2.65. The second-order valence-electron chi connectivity index (χ2n) is 4.61. The van der Waals surface area contributed by atoms with Crippen molar-refractivity contribution in [3.63, 3.8) is 0 Å². The number of aromatic nitrogens is 1. The van der Waals surface area contributed by atoms with E-state index in [1.54, 1.807) is 0 Å². The predicted molar refractivity (Wildman–Crippen MR) is 67.9 cm³/mol. The van der Waals surface area contributed by atoms with E-state index in [9.17, 15) is 0 Å². The molecular formula is C13H15ClN2. The molecule has 1 aliphatic carbocycles. The molecule has 2 nitrogen and oxygen atoms in total. The second-order valence-corrected chi connectivity index (χ2v) is 5.02. The molecule has 84 valence electrons. The third kappa shape index (κ3) is 1.30. The van der Waals surface area contributed by atoms with Crippen LogP contribution in [0.3, 0.4) is 0 Å². The first-order valence-corrected chi connectivity index (χ1v) is 6.11. The first-order valence-electron chi connectivity index (χ1n) is 5.73. The fraction of sp³-hybridized carbons (Fsp3) is 0.385. The number of H-pyrrole nitrogens is 1. The van der Waals surface area contributed by atoms with Crippen LogP contribution in [0.2, 0.25) is 5.02 Å². The Balaban J connectivity index is 2.35. The van der Waals surface area contributed by atoms with Crippen LogP contribution in [0.5, 0.6) is 0 Å². The van der Waals surface area contributed by atoms with E-state index in [1.807, 2.05) is 6.07 Å². The smallest absolute Gasteiger partial charge is 0.0504 e. The Bertz CT molecular complexity index is 557. The Morgan fingerprint density at radius 1 is 1.44 bits per heavy atom. The van der Waals surface area contributed by atoms with Gasteiger partial charge in [0.1, 0.15) is 0 Å². The second kappa shape index (κ2) is 3.51. The number of benzene rings is 1. The van der Waals surface area contributed by atoms with Crippen LogP contribution in [0.25, 0.3) is 10.9 Å². The van der Waals surface area contributed by atoms with Crippen molar-refractivity contribution in [3.8, 4) is 0 Å². The maximum atomic E-state index is 6.14. The van der Waals surface area contributed by atoms with E-state index in [0.717, 1.165) is 28.9 Å². The van der Waals surface area contributed by atoms with Crippen LogP contribution in [-0.2, 0) is 6.42 Å². The number of rotatable bonds is 0. The summed E-state index contributed by atoms with van der Waals surface area (Å²) < 4.78 is 0. The maximum Gasteiger partial charge on any atom is 0.0504 e. The maximum absolute atomic E-state index is 6.14. The monoisotopic (exact) mass is 234 g/mol. The van der Waals surface area contributed by atoms with Crippen molar-refractivity contribution >= 4 is 22.5 Å². The van der Waals surface area contributed by atoms with Crippen LogP contribution in [0, 0.1) is 6.92 Å². The molecule has 1 aromatic heterocycles. The summed E-state index contributed by atoms with van der Waals surface area (Å²) in [4.78, 5) is 3.47. The van der Waals surface area contributed by atoms with Crippen molar-refractivity contribution in [2.75, 3.05) is 0 Å². The SMILES string of the molecule is Cc1c(Cl)ccc2c3c([nH]c12)C(N)CCC3. The predicted octanol–water partition coefficient (Wildman–Crippen LogP) is 3.47. The quantitative estimate of drug-likeness (QED) is 0.720. The average molecular weight is 235 g/mol. The zero-order valence-corrected chi connectivity index (χ0v) is 10.1. The highest BCUT2D eigenvalue weighted by atomic mass is 35.5. The van der Waals surface area contributed by atoms with E-state index in [2.05, 4.69) is 18.0 Å². The highest BCUT2D eigenvalue weighted by Crippen LogP contribution is 2.36. The fourth-order valence-electron chi connectivity index (χ4n) is 2.68. The highest BCUT2D eigenvalue weighted by molar-refractivity contribution is 6.32. The van der Waals surface area contributed by atoms with E-state index < -0.39 is 0 Å². The summed E-state index contributed by atoms with van der Waals surface area (Å²) in [6.45, 7) is 2.05. The lowest BCUT2D eigenvalue weighted by Crippen LogP contribution is -2.16. The number of hydrogen-bond acceptors (Lipinski definition) is 1. The summed E-state index contributed by atoms with van der Waals surface area (Å²) >= 11 is 6.14. The fourth-order valence-corrected chi connectivity index (χ4v) is 2.84. The van der Waals surface area contributed by atoms with Crippen molar-refractivity contribution in [2.45, 2.75) is 32.2 Å². The van der Waals surface area contributed by atoms with Gasteiger partial charge >= 0.3 is 0 Å². The Kier molecular flexibility index (Phi) is 2.23. The lowest BCUT2D eigenvalue weighted by molar-refractivity contribution is 0.562. The minimum Gasteiger partial charge on any atom is -0.357 e. The molecule has 1 atom stereocenters. The molecule has 0 saturated heterocycles. The van der Waals surface area contributed by atoms with Gasteiger partial charge in [-0.2, -0.15) is 0 Å². The van der Waals surface area contributed by atoms with Gasteiger partial charge in [0.15, 0.2) is 0 Å². The number of hydrogen-bond donors (Lipinski definition) is 2. The summed E-state index contributed by atoms with van der Waals surface area (Å²) in [7, 11) is 0. The Morgan fingerprint density at radius 3 is 3.06 bits per heavy atom. The summed E-state index contributed by atoms with van der Waals surface area (Å²) in [6, 6.07) is 4.25. The molecule has 1 aliphatic rings. The Labute approximate surface area is 99.8 Å². The third-order valence-electron chi connectivity index (χ3n) is 3.62. The van der Waals surface area contributed by atoms with Crippen molar-refractivity contribution in [3.05, 3.63) is 34.0 Å². The molecule has 0 amide bonds. The highest BCUT2D eigenvalue weighted by Gasteiger charge is 2.22. The number of aryl methyl sites for hydroxylation is 2. The summed E-state index contributed by atoms with van der Waals surface area (Å²) in [6.07, 6.45) is 3.39. The van der Waals surface area contributed by atoms with Gasteiger partial charge in [-0.1, -0.05) is 17.7 Å². The molecule has 0 saturated carbocycles. The molecule has 1 unspecified atom stereocenters. The van der Waals surface area contributed by atoms with Crippen molar-refractivity contribution < 1.29 is 0 Å². The van der Waals surface area contributed by atoms with Crippen LogP contribution in [-0.4, -0.2) is 4.98 Å². The van der Waals surface area contributed by atoms with Gasteiger partial charge in [0.25, 0.3) is 0 Å². The summed E-state index contributed by atoms with van der Waals surface area (Å²) in [5.41, 5.74) is 11.0. The number of nitrogens with two attached hydrogens (primary N) is 1. The first-order chi connectivity index (χ1) is 7.68. The molecule has 0 radical (unpaired) electrons. The van der Waals surface area contributed by atoms with Crippen LogP contribution in [0.1, 0.15) is 35.7 Å². The van der Waals surface area contributed by atoms with Crippen molar-refractivity contribution in [1.82, 2.24) is 4.98 Å².